The number of hydrogen-bond donors (Lipinski definition) is 4. The van der Waals surface area contributed by atoms with Gasteiger partial charge in [-0.15, -0.1) is 0 Å². The van der Waals surface area contributed by atoms with E-state index in [0.29, 0.717) is 0 Å². The molecule has 20 heavy (non-hydrogen) atoms. The molecule has 1 fully saturated rings. The number of rotatable bonds is 3. The minimum Gasteiger partial charge on any atom is -0.396 e. The first kappa shape index (κ1) is 13.0. The van der Waals surface area contributed by atoms with Crippen LogP contribution in [0.2, 0.25) is 0 Å². The highest BCUT2D eigenvalue weighted by Gasteiger charge is 2.52. The summed E-state index contributed by atoms with van der Waals surface area (Å²) < 4.78 is 15.5. The first-order valence-corrected chi connectivity index (χ1v) is 6.16. The number of nitrogen functional groups attached to an aromatic ring is 1. The zero-order valence-corrected chi connectivity index (χ0v) is 10.4. The molecule has 0 spiro atoms. The largest absolute Gasteiger partial charge is 0.396 e. The zero-order valence-electron chi connectivity index (χ0n) is 10.4. The number of alkyl halides is 1. The van der Waals surface area contributed by atoms with Gasteiger partial charge in [-0.05, 0) is 0 Å². The topological polar surface area (TPSA) is 130 Å². The third kappa shape index (κ3) is 1.63. The number of anilines is 1. The molecule has 4 atom stereocenters. The number of aliphatic hydroxyl groups excluding tert-OH is 2. The molecule has 0 amide bonds. The second-order valence-electron chi connectivity index (χ2n) is 4.90. The van der Waals surface area contributed by atoms with Gasteiger partial charge in [-0.3, -0.25) is 9.78 Å². The fourth-order valence-electron chi connectivity index (χ4n) is 2.83. The summed E-state index contributed by atoms with van der Waals surface area (Å²) in [7, 11) is 0. The summed E-state index contributed by atoms with van der Waals surface area (Å²) in [4.78, 5) is 21.8. The minimum absolute atomic E-state index is 0.0653. The Labute approximate surface area is 112 Å². The molecule has 0 saturated heterocycles. The number of aromatic nitrogens is 4. The summed E-state index contributed by atoms with van der Waals surface area (Å²) in [5, 5.41) is 18.4. The molecular formula is C11H14FN5O3. The number of nitrogens with one attached hydrogen (secondary N) is 1. The lowest BCUT2D eigenvalue weighted by Gasteiger charge is -2.46. The molecule has 1 saturated carbocycles. The second-order valence-corrected chi connectivity index (χ2v) is 4.90. The highest BCUT2D eigenvalue weighted by Crippen LogP contribution is 2.46. The molecule has 3 rings (SSSR count). The van der Waals surface area contributed by atoms with Gasteiger partial charge >= 0.3 is 0 Å². The van der Waals surface area contributed by atoms with Gasteiger partial charge in [0.05, 0.1) is 12.4 Å². The van der Waals surface area contributed by atoms with Gasteiger partial charge in [0, 0.05) is 25.0 Å². The number of H-pyrrole nitrogens is 1. The van der Waals surface area contributed by atoms with E-state index in [1.54, 1.807) is 0 Å². The minimum atomic E-state index is -1.34. The van der Waals surface area contributed by atoms with E-state index in [4.69, 9.17) is 10.8 Å². The first-order chi connectivity index (χ1) is 9.58. The van der Waals surface area contributed by atoms with Crippen molar-refractivity contribution in [2.45, 2.75) is 12.2 Å². The zero-order chi connectivity index (χ0) is 14.4. The highest BCUT2D eigenvalue weighted by molar-refractivity contribution is 5.70. The number of hydrogen-bond acceptors (Lipinski definition) is 6. The Bertz CT molecular complexity index is 699. The maximum absolute atomic E-state index is 14.1. The van der Waals surface area contributed by atoms with Crippen LogP contribution in [0.15, 0.2) is 11.1 Å². The van der Waals surface area contributed by atoms with Crippen molar-refractivity contribution in [3.8, 4) is 0 Å². The van der Waals surface area contributed by atoms with Gasteiger partial charge in [-0.2, -0.15) is 4.98 Å². The van der Waals surface area contributed by atoms with Crippen molar-refractivity contribution in [3.63, 3.8) is 0 Å². The Hall–Kier alpha value is -2.00. The Balaban J connectivity index is 2.09. The molecule has 0 radical (unpaired) electrons. The highest BCUT2D eigenvalue weighted by atomic mass is 19.1. The monoisotopic (exact) mass is 283 g/mol. The third-order valence-corrected chi connectivity index (χ3v) is 3.92. The van der Waals surface area contributed by atoms with E-state index in [0.717, 1.165) is 0 Å². The number of aromatic amines is 1. The number of fused-ring (bicyclic) bond motifs is 1. The van der Waals surface area contributed by atoms with Gasteiger partial charge in [0.15, 0.2) is 11.2 Å². The van der Waals surface area contributed by atoms with Crippen LogP contribution in [0.5, 0.6) is 0 Å². The predicted molar refractivity (Wildman–Crippen MR) is 67.6 cm³/mol. The Kier molecular flexibility index (Phi) is 2.94. The van der Waals surface area contributed by atoms with Crippen molar-refractivity contribution in [3.05, 3.63) is 16.7 Å². The summed E-state index contributed by atoms with van der Waals surface area (Å²) in [6, 6.07) is -0.712. The van der Waals surface area contributed by atoms with Crippen LogP contribution in [0.25, 0.3) is 11.2 Å². The lowest BCUT2D eigenvalue weighted by Crippen LogP contribution is -2.52. The van der Waals surface area contributed by atoms with E-state index in [2.05, 4.69) is 15.0 Å². The lowest BCUT2D eigenvalue weighted by molar-refractivity contribution is -0.0845. The molecule has 2 aromatic rings. The van der Waals surface area contributed by atoms with E-state index < -0.39 is 29.6 Å². The number of halogens is 1. The van der Waals surface area contributed by atoms with Crippen LogP contribution in [-0.4, -0.2) is 49.1 Å². The smallest absolute Gasteiger partial charge is 0.280 e. The van der Waals surface area contributed by atoms with Gasteiger partial charge in [0.25, 0.3) is 5.56 Å². The average Bonchev–Trinajstić information content (AvgIpc) is 2.80. The van der Waals surface area contributed by atoms with Gasteiger partial charge in [0.1, 0.15) is 6.17 Å². The molecule has 0 unspecified atom stereocenters. The average molecular weight is 283 g/mol. The number of nitrogens with two attached hydrogens (primary N) is 1. The summed E-state index contributed by atoms with van der Waals surface area (Å²) in [6.07, 6.45) is -0.0308. The molecule has 0 bridgehead atoms. The van der Waals surface area contributed by atoms with Gasteiger partial charge in [-0.25, -0.2) is 9.37 Å². The summed E-state index contributed by atoms with van der Waals surface area (Å²) in [5.74, 6) is -1.16. The van der Waals surface area contributed by atoms with Crippen LogP contribution in [0.4, 0.5) is 10.3 Å². The van der Waals surface area contributed by atoms with Crippen LogP contribution in [0.1, 0.15) is 6.04 Å². The fourth-order valence-corrected chi connectivity index (χ4v) is 2.83. The van der Waals surface area contributed by atoms with Crippen molar-refractivity contribution < 1.29 is 14.6 Å². The SMILES string of the molecule is Nc1nc2c(ncn2[C@@H]2[C@@H](F)[C@H](CO)[C@H]2CO)c(=O)[nH]1. The molecule has 8 nitrogen and oxygen atoms in total. The van der Waals surface area contributed by atoms with E-state index >= 15 is 0 Å². The van der Waals surface area contributed by atoms with Gasteiger partial charge in [-0.1, -0.05) is 0 Å². The fraction of sp³-hybridized carbons (Fsp3) is 0.545. The first-order valence-electron chi connectivity index (χ1n) is 6.16. The van der Waals surface area contributed by atoms with Crippen molar-refractivity contribution >= 4 is 17.1 Å². The normalized spacial score (nSPS) is 29.6. The maximum Gasteiger partial charge on any atom is 0.280 e. The van der Waals surface area contributed by atoms with Crippen LogP contribution in [0, 0.1) is 11.8 Å². The summed E-state index contributed by atoms with van der Waals surface area (Å²) in [5.41, 5.74) is 5.22. The van der Waals surface area contributed by atoms with Crippen LogP contribution < -0.4 is 11.3 Å². The second kappa shape index (κ2) is 4.53. The molecule has 9 heteroatoms. The molecule has 2 heterocycles. The molecule has 5 N–H and O–H groups in total. The molecule has 1 aliphatic rings. The standard InChI is InChI=1S/C11H14FN5O3/c12-6-4(1-18)5(2-19)8(6)17-3-14-7-9(17)15-11(13)16-10(7)20/h3-6,8,18-19H,1-2H2,(H3,13,15,16,20)/t4-,5-,6+,8+/m1/s1. The molecule has 0 aliphatic heterocycles. The van der Waals surface area contributed by atoms with Crippen molar-refractivity contribution in [2.24, 2.45) is 11.8 Å². The Morgan fingerprint density at radius 1 is 1.40 bits per heavy atom. The van der Waals surface area contributed by atoms with E-state index in [1.807, 2.05) is 0 Å². The van der Waals surface area contributed by atoms with E-state index in [1.165, 1.54) is 10.9 Å². The van der Waals surface area contributed by atoms with Crippen molar-refractivity contribution in [2.75, 3.05) is 18.9 Å². The lowest BCUT2D eigenvalue weighted by atomic mass is 9.68. The number of imidazole rings is 1. The third-order valence-electron chi connectivity index (χ3n) is 3.92. The maximum atomic E-state index is 14.1. The molecule has 0 aromatic carbocycles. The Morgan fingerprint density at radius 3 is 2.75 bits per heavy atom. The van der Waals surface area contributed by atoms with Crippen LogP contribution in [-0.2, 0) is 0 Å². The summed E-state index contributed by atoms with van der Waals surface area (Å²) in [6.45, 7) is -0.611. The van der Waals surface area contributed by atoms with Gasteiger partial charge in [0.2, 0.25) is 5.95 Å². The molecule has 108 valence electrons. The van der Waals surface area contributed by atoms with E-state index in [9.17, 15) is 14.3 Å². The molecule has 1 aliphatic carbocycles. The van der Waals surface area contributed by atoms with Crippen molar-refractivity contribution in [1.82, 2.24) is 19.5 Å². The number of aliphatic hydroxyl groups is 2. The number of nitrogens with zero attached hydrogens (tertiary/aromatic N) is 3. The Morgan fingerprint density at radius 2 is 2.10 bits per heavy atom. The summed E-state index contributed by atoms with van der Waals surface area (Å²) >= 11 is 0. The molecule has 2 aromatic heterocycles. The van der Waals surface area contributed by atoms with Gasteiger partial charge < -0.3 is 20.5 Å². The van der Waals surface area contributed by atoms with Crippen LogP contribution >= 0.6 is 0 Å². The quantitative estimate of drug-likeness (QED) is 0.560. The predicted octanol–water partition coefficient (Wildman–Crippen LogP) is -1.19. The van der Waals surface area contributed by atoms with Crippen molar-refractivity contribution in [1.29, 1.82) is 0 Å². The van der Waals surface area contributed by atoms with Crippen LogP contribution in [0.3, 0.4) is 0 Å². The van der Waals surface area contributed by atoms with E-state index in [-0.39, 0.29) is 30.3 Å². The molecular weight excluding hydrogens is 269 g/mol.